The summed E-state index contributed by atoms with van der Waals surface area (Å²) in [5.74, 6) is 0.0786. The molecule has 2 rings (SSSR count). The topological polar surface area (TPSA) is 75.8 Å². The molecule has 0 spiro atoms. The first-order valence-electron chi connectivity index (χ1n) is 6.12. The van der Waals surface area contributed by atoms with Crippen LogP contribution >= 0.6 is 0 Å². The summed E-state index contributed by atoms with van der Waals surface area (Å²) in [6, 6.07) is 6.70. The van der Waals surface area contributed by atoms with E-state index in [0.29, 0.717) is 18.8 Å². The van der Waals surface area contributed by atoms with Crippen LogP contribution in [0.5, 0.6) is 5.75 Å². The van der Waals surface area contributed by atoms with Crippen LogP contribution < -0.4 is 10.6 Å². The van der Waals surface area contributed by atoms with Crippen LogP contribution in [0.15, 0.2) is 24.3 Å². The van der Waals surface area contributed by atoms with Crippen molar-refractivity contribution in [2.24, 2.45) is 5.73 Å². The van der Waals surface area contributed by atoms with Gasteiger partial charge in [0, 0.05) is 11.8 Å². The normalized spacial score (nSPS) is 20.2. The van der Waals surface area contributed by atoms with E-state index in [1.165, 1.54) is 0 Å². The van der Waals surface area contributed by atoms with E-state index in [2.05, 4.69) is 0 Å². The Hall–Kier alpha value is -1.59. The lowest BCUT2D eigenvalue weighted by Crippen LogP contribution is -2.46. The Morgan fingerprint density at radius 3 is 3.06 bits per heavy atom. The Labute approximate surface area is 106 Å². The van der Waals surface area contributed by atoms with E-state index in [9.17, 15) is 9.90 Å². The fraction of sp³-hybridized carbons (Fsp3) is 0.462. The SMILES string of the molecule is NCCCC1CN(c2cccc(O)c2)C(=O)CO1. The molecule has 0 saturated carbocycles. The van der Waals surface area contributed by atoms with Crippen molar-refractivity contribution in [3.8, 4) is 5.75 Å². The highest BCUT2D eigenvalue weighted by Crippen LogP contribution is 2.23. The second-order valence-electron chi connectivity index (χ2n) is 4.39. The number of nitrogens with two attached hydrogens (primary N) is 1. The van der Waals surface area contributed by atoms with Gasteiger partial charge in [-0.05, 0) is 31.5 Å². The molecule has 3 N–H and O–H groups in total. The monoisotopic (exact) mass is 250 g/mol. The second kappa shape index (κ2) is 5.84. The van der Waals surface area contributed by atoms with E-state index in [-0.39, 0.29) is 24.4 Å². The number of phenolic OH excluding ortho intramolecular Hbond substituents is 1. The minimum Gasteiger partial charge on any atom is -0.508 e. The molecule has 0 radical (unpaired) electrons. The average molecular weight is 250 g/mol. The number of carbonyl (C=O) groups excluding carboxylic acids is 1. The molecule has 1 aromatic rings. The molecule has 1 saturated heterocycles. The summed E-state index contributed by atoms with van der Waals surface area (Å²) in [6.07, 6.45) is 1.75. The van der Waals surface area contributed by atoms with Crippen molar-refractivity contribution in [3.63, 3.8) is 0 Å². The van der Waals surface area contributed by atoms with E-state index in [0.717, 1.165) is 12.8 Å². The Morgan fingerprint density at radius 1 is 1.50 bits per heavy atom. The van der Waals surface area contributed by atoms with Crippen LogP contribution in [0, 0.1) is 0 Å². The number of aromatic hydroxyl groups is 1. The summed E-state index contributed by atoms with van der Waals surface area (Å²) in [5.41, 5.74) is 6.18. The van der Waals surface area contributed by atoms with Crippen LogP contribution in [-0.2, 0) is 9.53 Å². The Balaban J connectivity index is 2.08. The molecule has 5 nitrogen and oxygen atoms in total. The van der Waals surface area contributed by atoms with Crippen molar-refractivity contribution in [3.05, 3.63) is 24.3 Å². The van der Waals surface area contributed by atoms with E-state index in [1.54, 1.807) is 23.1 Å². The van der Waals surface area contributed by atoms with Crippen molar-refractivity contribution < 1.29 is 14.6 Å². The molecule has 1 atom stereocenters. The number of morpholine rings is 1. The van der Waals surface area contributed by atoms with Crippen molar-refractivity contribution in [1.29, 1.82) is 0 Å². The number of phenols is 1. The molecule has 0 aromatic heterocycles. The maximum atomic E-state index is 11.8. The molecular weight excluding hydrogens is 232 g/mol. The van der Waals surface area contributed by atoms with Crippen molar-refractivity contribution in [2.45, 2.75) is 18.9 Å². The highest BCUT2D eigenvalue weighted by Gasteiger charge is 2.27. The Kier molecular flexibility index (Phi) is 4.17. The van der Waals surface area contributed by atoms with Gasteiger partial charge in [-0.3, -0.25) is 4.79 Å². The van der Waals surface area contributed by atoms with Gasteiger partial charge < -0.3 is 20.5 Å². The van der Waals surface area contributed by atoms with E-state index >= 15 is 0 Å². The predicted molar refractivity (Wildman–Crippen MR) is 68.5 cm³/mol. The van der Waals surface area contributed by atoms with Gasteiger partial charge in [-0.1, -0.05) is 6.07 Å². The molecule has 0 bridgehead atoms. The molecule has 0 aliphatic carbocycles. The Bertz CT molecular complexity index is 422. The minimum absolute atomic E-state index is 0.0219. The van der Waals surface area contributed by atoms with Crippen LogP contribution in [0.2, 0.25) is 0 Å². The maximum absolute atomic E-state index is 11.8. The smallest absolute Gasteiger partial charge is 0.253 e. The first-order valence-corrected chi connectivity index (χ1v) is 6.12. The number of benzene rings is 1. The molecule has 1 heterocycles. The first kappa shape index (κ1) is 12.9. The van der Waals surface area contributed by atoms with E-state index in [4.69, 9.17) is 10.5 Å². The number of hydrogen-bond donors (Lipinski definition) is 2. The van der Waals surface area contributed by atoms with Crippen LogP contribution in [0.25, 0.3) is 0 Å². The molecular formula is C13H18N2O3. The maximum Gasteiger partial charge on any atom is 0.253 e. The van der Waals surface area contributed by atoms with Gasteiger partial charge in [-0.2, -0.15) is 0 Å². The minimum atomic E-state index is -0.0791. The van der Waals surface area contributed by atoms with Gasteiger partial charge in [0.2, 0.25) is 0 Å². The third-order valence-electron chi connectivity index (χ3n) is 3.00. The summed E-state index contributed by atoms with van der Waals surface area (Å²) in [7, 11) is 0. The van der Waals surface area contributed by atoms with Gasteiger partial charge in [-0.25, -0.2) is 0 Å². The molecule has 5 heteroatoms. The second-order valence-corrected chi connectivity index (χ2v) is 4.39. The molecule has 1 amide bonds. The predicted octanol–water partition coefficient (Wildman–Crippen LogP) is 0.863. The number of ether oxygens (including phenoxy) is 1. The average Bonchev–Trinajstić information content (AvgIpc) is 2.38. The van der Waals surface area contributed by atoms with Gasteiger partial charge in [-0.15, -0.1) is 0 Å². The molecule has 1 aliphatic rings. The van der Waals surface area contributed by atoms with Crippen molar-refractivity contribution in [2.75, 3.05) is 24.6 Å². The number of hydrogen-bond acceptors (Lipinski definition) is 4. The molecule has 1 fully saturated rings. The molecule has 98 valence electrons. The van der Waals surface area contributed by atoms with Crippen molar-refractivity contribution >= 4 is 11.6 Å². The largest absolute Gasteiger partial charge is 0.508 e. The molecule has 1 unspecified atom stereocenters. The van der Waals surface area contributed by atoms with Gasteiger partial charge in [0.25, 0.3) is 5.91 Å². The zero-order valence-corrected chi connectivity index (χ0v) is 10.2. The van der Waals surface area contributed by atoms with Crippen LogP contribution in [0.4, 0.5) is 5.69 Å². The zero-order chi connectivity index (χ0) is 13.0. The van der Waals surface area contributed by atoms with Gasteiger partial charge >= 0.3 is 0 Å². The third kappa shape index (κ3) is 3.00. The first-order chi connectivity index (χ1) is 8.70. The highest BCUT2D eigenvalue weighted by molar-refractivity contribution is 5.95. The number of carbonyl (C=O) groups is 1. The van der Waals surface area contributed by atoms with Gasteiger partial charge in [0.05, 0.1) is 12.6 Å². The lowest BCUT2D eigenvalue weighted by Gasteiger charge is -2.32. The number of rotatable bonds is 4. The fourth-order valence-corrected chi connectivity index (χ4v) is 2.06. The third-order valence-corrected chi connectivity index (χ3v) is 3.00. The molecule has 1 aliphatic heterocycles. The van der Waals surface area contributed by atoms with Crippen LogP contribution in [0.3, 0.4) is 0 Å². The van der Waals surface area contributed by atoms with Crippen LogP contribution in [0.1, 0.15) is 12.8 Å². The van der Waals surface area contributed by atoms with Crippen molar-refractivity contribution in [1.82, 2.24) is 0 Å². The highest BCUT2D eigenvalue weighted by atomic mass is 16.5. The van der Waals surface area contributed by atoms with Crippen LogP contribution in [-0.4, -0.2) is 36.8 Å². The number of amides is 1. The fourth-order valence-electron chi connectivity index (χ4n) is 2.06. The van der Waals surface area contributed by atoms with Gasteiger partial charge in [0.1, 0.15) is 12.4 Å². The molecule has 18 heavy (non-hydrogen) atoms. The zero-order valence-electron chi connectivity index (χ0n) is 10.2. The lowest BCUT2D eigenvalue weighted by molar-refractivity contribution is -0.129. The number of anilines is 1. The summed E-state index contributed by atoms with van der Waals surface area (Å²) < 4.78 is 5.46. The summed E-state index contributed by atoms with van der Waals surface area (Å²) >= 11 is 0. The molecule has 1 aromatic carbocycles. The summed E-state index contributed by atoms with van der Waals surface area (Å²) in [6.45, 7) is 1.23. The lowest BCUT2D eigenvalue weighted by atomic mass is 10.1. The van der Waals surface area contributed by atoms with Gasteiger partial charge in [0.15, 0.2) is 0 Å². The standard InChI is InChI=1S/C13H18N2O3/c14-6-2-5-12-8-15(13(17)9-18-12)10-3-1-4-11(16)7-10/h1,3-4,7,12,16H,2,5-6,8-9,14H2. The van der Waals surface area contributed by atoms with E-state index in [1.807, 2.05) is 6.07 Å². The quantitative estimate of drug-likeness (QED) is 0.831. The summed E-state index contributed by atoms with van der Waals surface area (Å²) in [5, 5.41) is 9.45. The van der Waals surface area contributed by atoms with E-state index < -0.39 is 0 Å². The summed E-state index contributed by atoms with van der Waals surface area (Å²) in [4.78, 5) is 13.5. The Morgan fingerprint density at radius 2 is 2.33 bits per heavy atom. The number of nitrogens with zero attached hydrogens (tertiary/aromatic N) is 1.